The van der Waals surface area contributed by atoms with Gasteiger partial charge in [0, 0.05) is 19.2 Å². The molecule has 0 spiro atoms. The maximum atomic E-state index is 11.8. The van der Waals surface area contributed by atoms with E-state index >= 15 is 0 Å². The second-order valence-corrected chi connectivity index (χ2v) is 3.69. The molecular formula is C10H15F3N2O2. The molecule has 17 heavy (non-hydrogen) atoms. The number of nitrogens with zero attached hydrogens (tertiary/aromatic N) is 2. The monoisotopic (exact) mass is 252 g/mol. The minimum atomic E-state index is -4.35. The van der Waals surface area contributed by atoms with Crippen molar-refractivity contribution in [2.45, 2.75) is 32.2 Å². The largest absolute Gasteiger partial charge is 0.411 e. The van der Waals surface area contributed by atoms with Crippen LogP contribution in [0.25, 0.3) is 0 Å². The third kappa shape index (κ3) is 5.69. The number of aliphatic hydroxyl groups is 1. The maximum Gasteiger partial charge on any atom is 0.411 e. The molecule has 0 amide bonds. The number of alkyl halides is 3. The summed E-state index contributed by atoms with van der Waals surface area (Å²) < 4.78 is 41.3. The van der Waals surface area contributed by atoms with Gasteiger partial charge in [0.25, 0.3) is 0 Å². The van der Waals surface area contributed by atoms with E-state index in [9.17, 15) is 18.3 Å². The number of ether oxygens (including phenoxy) is 1. The molecule has 1 atom stereocenters. The van der Waals surface area contributed by atoms with E-state index in [1.54, 1.807) is 17.1 Å². The van der Waals surface area contributed by atoms with Crippen molar-refractivity contribution < 1.29 is 23.0 Å². The SMILES string of the molecule is CCn1cc(CC(O)COCC(F)(F)F)cn1. The average molecular weight is 252 g/mol. The Morgan fingerprint density at radius 2 is 2.24 bits per heavy atom. The molecule has 1 N–H and O–H groups in total. The van der Waals surface area contributed by atoms with Crippen molar-refractivity contribution in [2.24, 2.45) is 0 Å². The molecule has 0 aromatic carbocycles. The Kier molecular flexibility index (Phi) is 4.95. The molecule has 1 unspecified atom stereocenters. The Bertz CT molecular complexity index is 339. The first-order valence-electron chi connectivity index (χ1n) is 5.24. The Balaban J connectivity index is 2.27. The fraction of sp³-hybridized carbons (Fsp3) is 0.700. The van der Waals surface area contributed by atoms with E-state index in [4.69, 9.17) is 0 Å². The summed E-state index contributed by atoms with van der Waals surface area (Å²) in [5, 5.41) is 13.4. The maximum absolute atomic E-state index is 11.8. The molecule has 0 radical (unpaired) electrons. The molecule has 4 nitrogen and oxygen atoms in total. The van der Waals surface area contributed by atoms with Crippen LogP contribution in [-0.2, 0) is 17.7 Å². The number of rotatable bonds is 6. The summed E-state index contributed by atoms with van der Waals surface area (Å²) >= 11 is 0. The van der Waals surface area contributed by atoms with Gasteiger partial charge in [0.2, 0.25) is 0 Å². The van der Waals surface area contributed by atoms with Gasteiger partial charge in [-0.3, -0.25) is 4.68 Å². The van der Waals surface area contributed by atoms with Crippen LogP contribution >= 0.6 is 0 Å². The van der Waals surface area contributed by atoms with Crippen molar-refractivity contribution in [1.82, 2.24) is 9.78 Å². The highest BCUT2D eigenvalue weighted by Crippen LogP contribution is 2.14. The Labute approximate surface area is 97.0 Å². The molecule has 0 aliphatic rings. The first-order valence-corrected chi connectivity index (χ1v) is 5.24. The van der Waals surface area contributed by atoms with Gasteiger partial charge in [-0.25, -0.2) is 0 Å². The fourth-order valence-corrected chi connectivity index (χ4v) is 1.33. The molecule has 1 rings (SSSR count). The van der Waals surface area contributed by atoms with E-state index in [1.165, 1.54) is 0 Å². The molecule has 0 fully saturated rings. The molecule has 1 heterocycles. The van der Waals surface area contributed by atoms with E-state index in [-0.39, 0.29) is 13.0 Å². The van der Waals surface area contributed by atoms with E-state index in [0.29, 0.717) is 6.54 Å². The van der Waals surface area contributed by atoms with Crippen LogP contribution in [0.2, 0.25) is 0 Å². The second kappa shape index (κ2) is 6.02. The number of hydrogen-bond acceptors (Lipinski definition) is 3. The first-order chi connectivity index (χ1) is 7.90. The third-order valence-electron chi connectivity index (χ3n) is 2.06. The van der Waals surface area contributed by atoms with Crippen molar-refractivity contribution in [3.05, 3.63) is 18.0 Å². The second-order valence-electron chi connectivity index (χ2n) is 3.69. The lowest BCUT2D eigenvalue weighted by Crippen LogP contribution is -2.24. The van der Waals surface area contributed by atoms with Gasteiger partial charge in [0.05, 0.1) is 18.9 Å². The molecule has 0 aliphatic heterocycles. The van der Waals surface area contributed by atoms with Crippen LogP contribution in [0.3, 0.4) is 0 Å². The Morgan fingerprint density at radius 3 is 2.76 bits per heavy atom. The van der Waals surface area contributed by atoms with E-state index in [2.05, 4.69) is 9.84 Å². The fourth-order valence-electron chi connectivity index (χ4n) is 1.33. The summed E-state index contributed by atoms with van der Waals surface area (Å²) in [6.45, 7) is 0.954. The van der Waals surface area contributed by atoms with Gasteiger partial charge in [-0.1, -0.05) is 0 Å². The molecule has 7 heteroatoms. The van der Waals surface area contributed by atoms with Gasteiger partial charge < -0.3 is 9.84 Å². The zero-order valence-corrected chi connectivity index (χ0v) is 9.44. The van der Waals surface area contributed by atoms with Crippen LogP contribution in [-0.4, -0.2) is 40.4 Å². The summed E-state index contributed by atoms with van der Waals surface area (Å²) in [5.41, 5.74) is 0.773. The van der Waals surface area contributed by atoms with Crippen LogP contribution in [0, 0.1) is 0 Å². The van der Waals surface area contributed by atoms with Crippen LogP contribution < -0.4 is 0 Å². The van der Waals surface area contributed by atoms with Crippen molar-refractivity contribution in [3.8, 4) is 0 Å². The van der Waals surface area contributed by atoms with Crippen LogP contribution in [0.15, 0.2) is 12.4 Å². The minimum Gasteiger partial charge on any atom is -0.390 e. The lowest BCUT2D eigenvalue weighted by Gasteiger charge is -2.11. The standard InChI is InChI=1S/C10H15F3N2O2/c1-2-15-5-8(4-14-15)3-9(16)6-17-7-10(11,12)13/h4-5,9,16H,2-3,6-7H2,1H3. The van der Waals surface area contributed by atoms with E-state index in [1.807, 2.05) is 6.92 Å². The summed E-state index contributed by atoms with van der Waals surface area (Å²) in [7, 11) is 0. The predicted octanol–water partition coefficient (Wildman–Crippen LogP) is 1.39. The summed E-state index contributed by atoms with van der Waals surface area (Å²) in [4.78, 5) is 0. The zero-order valence-electron chi connectivity index (χ0n) is 9.44. The lowest BCUT2D eigenvalue weighted by molar-refractivity contribution is -0.179. The number of hydrogen-bond donors (Lipinski definition) is 1. The quantitative estimate of drug-likeness (QED) is 0.832. The average Bonchev–Trinajstić information content (AvgIpc) is 2.63. The van der Waals surface area contributed by atoms with Gasteiger partial charge in [-0.15, -0.1) is 0 Å². The highest BCUT2D eigenvalue weighted by atomic mass is 19.4. The normalized spacial score (nSPS) is 13.9. The smallest absolute Gasteiger partial charge is 0.390 e. The summed E-state index contributed by atoms with van der Waals surface area (Å²) in [5.74, 6) is 0. The van der Waals surface area contributed by atoms with Crippen LogP contribution in [0.5, 0.6) is 0 Å². The third-order valence-corrected chi connectivity index (χ3v) is 2.06. The van der Waals surface area contributed by atoms with Crippen molar-refractivity contribution in [3.63, 3.8) is 0 Å². The molecule has 0 bridgehead atoms. The van der Waals surface area contributed by atoms with Gasteiger partial charge in [-0.2, -0.15) is 18.3 Å². The lowest BCUT2D eigenvalue weighted by atomic mass is 10.2. The molecule has 1 aromatic heterocycles. The number of aromatic nitrogens is 2. The van der Waals surface area contributed by atoms with Gasteiger partial charge >= 0.3 is 6.18 Å². The highest BCUT2D eigenvalue weighted by molar-refractivity contribution is 5.05. The Morgan fingerprint density at radius 1 is 1.53 bits per heavy atom. The van der Waals surface area contributed by atoms with Crippen LogP contribution in [0.1, 0.15) is 12.5 Å². The van der Waals surface area contributed by atoms with Crippen molar-refractivity contribution in [1.29, 1.82) is 0 Å². The number of aryl methyl sites for hydroxylation is 1. The topological polar surface area (TPSA) is 47.3 Å². The van der Waals surface area contributed by atoms with Crippen molar-refractivity contribution >= 4 is 0 Å². The zero-order chi connectivity index (χ0) is 12.9. The summed E-state index contributed by atoms with van der Waals surface area (Å²) in [6.07, 6.45) is -1.75. The number of aliphatic hydroxyl groups excluding tert-OH is 1. The van der Waals surface area contributed by atoms with Gasteiger partial charge in [0.1, 0.15) is 6.61 Å². The molecule has 0 saturated carbocycles. The predicted molar refractivity (Wildman–Crippen MR) is 54.5 cm³/mol. The van der Waals surface area contributed by atoms with E-state index < -0.39 is 18.9 Å². The summed E-state index contributed by atoms with van der Waals surface area (Å²) in [6, 6.07) is 0. The first kappa shape index (κ1) is 14.0. The molecule has 98 valence electrons. The van der Waals surface area contributed by atoms with E-state index in [0.717, 1.165) is 5.56 Å². The Hall–Kier alpha value is -1.08. The van der Waals surface area contributed by atoms with Gasteiger partial charge in [0.15, 0.2) is 0 Å². The highest BCUT2D eigenvalue weighted by Gasteiger charge is 2.27. The molecule has 1 aromatic rings. The van der Waals surface area contributed by atoms with Gasteiger partial charge in [-0.05, 0) is 12.5 Å². The molecular weight excluding hydrogens is 237 g/mol. The molecule has 0 saturated heterocycles. The number of halogens is 3. The molecule has 0 aliphatic carbocycles. The van der Waals surface area contributed by atoms with Crippen molar-refractivity contribution in [2.75, 3.05) is 13.2 Å². The van der Waals surface area contributed by atoms with Crippen LogP contribution in [0.4, 0.5) is 13.2 Å². The minimum absolute atomic E-state index is 0.234.